The Bertz CT molecular complexity index is 242. The summed E-state index contributed by atoms with van der Waals surface area (Å²) in [6.07, 6.45) is 2.82. The minimum Gasteiger partial charge on any atom is -0.315 e. The Morgan fingerprint density at radius 2 is 2.06 bits per heavy atom. The minimum absolute atomic E-state index is 0.630. The van der Waals surface area contributed by atoms with Crippen LogP contribution in [0.4, 0.5) is 0 Å². The van der Waals surface area contributed by atoms with E-state index in [1.165, 1.54) is 39.0 Å². The first-order chi connectivity index (χ1) is 8.11. The summed E-state index contributed by atoms with van der Waals surface area (Å²) < 4.78 is 0. The average molecular weight is 239 g/mol. The molecule has 0 aromatic carbocycles. The Morgan fingerprint density at radius 3 is 2.71 bits per heavy atom. The number of rotatable bonds is 4. The Kier molecular flexibility index (Phi) is 4.45. The van der Waals surface area contributed by atoms with Gasteiger partial charge in [0.15, 0.2) is 0 Å². The van der Waals surface area contributed by atoms with Crippen LogP contribution in [0.15, 0.2) is 0 Å². The molecule has 3 nitrogen and oxygen atoms in total. The number of piperazine rings is 1. The van der Waals surface area contributed by atoms with Crippen molar-refractivity contribution in [1.29, 1.82) is 0 Å². The maximum Gasteiger partial charge on any atom is 0.0224 e. The Hall–Kier alpha value is -0.120. The third-order valence-electron chi connectivity index (χ3n) is 4.67. The van der Waals surface area contributed by atoms with Crippen molar-refractivity contribution in [3.8, 4) is 0 Å². The number of hydrogen-bond donors (Lipinski definition) is 1. The normalized spacial score (nSPS) is 33.0. The number of nitrogens with zero attached hydrogens (tertiary/aromatic N) is 2. The van der Waals surface area contributed by atoms with Crippen molar-refractivity contribution < 1.29 is 0 Å². The van der Waals surface area contributed by atoms with E-state index in [4.69, 9.17) is 0 Å². The van der Waals surface area contributed by atoms with Crippen molar-refractivity contribution in [3.63, 3.8) is 0 Å². The van der Waals surface area contributed by atoms with E-state index < -0.39 is 0 Å². The molecule has 0 bridgehead atoms. The molecule has 2 heterocycles. The van der Waals surface area contributed by atoms with Crippen LogP contribution in [-0.4, -0.2) is 61.2 Å². The van der Waals surface area contributed by atoms with Crippen molar-refractivity contribution in [2.45, 2.75) is 51.7 Å². The van der Waals surface area contributed by atoms with E-state index in [1.807, 2.05) is 0 Å². The average Bonchev–Trinajstić information content (AvgIpc) is 2.72. The predicted octanol–water partition coefficient (Wildman–Crippen LogP) is 1.40. The fourth-order valence-electron chi connectivity index (χ4n) is 3.39. The summed E-state index contributed by atoms with van der Waals surface area (Å²) in [5.74, 6) is 0.716. The largest absolute Gasteiger partial charge is 0.315 e. The van der Waals surface area contributed by atoms with Gasteiger partial charge in [-0.1, -0.05) is 13.8 Å². The second-order valence-electron chi connectivity index (χ2n) is 6.23. The van der Waals surface area contributed by atoms with E-state index in [2.05, 4.69) is 42.9 Å². The molecule has 2 rings (SSSR count). The molecule has 100 valence electrons. The van der Waals surface area contributed by atoms with Crippen LogP contribution in [0.1, 0.15) is 33.6 Å². The molecule has 3 unspecified atom stereocenters. The molecular weight excluding hydrogens is 210 g/mol. The van der Waals surface area contributed by atoms with Crippen molar-refractivity contribution in [3.05, 3.63) is 0 Å². The molecule has 0 radical (unpaired) electrons. The van der Waals surface area contributed by atoms with Gasteiger partial charge in [0.2, 0.25) is 0 Å². The second-order valence-corrected chi connectivity index (χ2v) is 6.23. The van der Waals surface area contributed by atoms with E-state index in [0.717, 1.165) is 12.1 Å². The first-order valence-electron chi connectivity index (χ1n) is 7.27. The third-order valence-corrected chi connectivity index (χ3v) is 4.67. The predicted molar refractivity (Wildman–Crippen MR) is 73.3 cm³/mol. The zero-order chi connectivity index (χ0) is 12.4. The lowest BCUT2D eigenvalue weighted by Crippen LogP contribution is -2.58. The molecule has 2 aliphatic heterocycles. The summed E-state index contributed by atoms with van der Waals surface area (Å²) >= 11 is 0. The van der Waals surface area contributed by atoms with Crippen LogP contribution in [0.3, 0.4) is 0 Å². The molecule has 2 saturated heterocycles. The lowest BCUT2D eigenvalue weighted by molar-refractivity contribution is 0.0491. The van der Waals surface area contributed by atoms with Crippen LogP contribution < -0.4 is 5.32 Å². The summed E-state index contributed by atoms with van der Waals surface area (Å²) in [7, 11) is 2.10. The molecule has 0 aromatic rings. The molecule has 2 fully saturated rings. The molecule has 17 heavy (non-hydrogen) atoms. The van der Waals surface area contributed by atoms with Gasteiger partial charge in [-0.15, -0.1) is 0 Å². The summed E-state index contributed by atoms with van der Waals surface area (Å²) in [4.78, 5) is 5.40. The van der Waals surface area contributed by atoms with Crippen molar-refractivity contribution in [2.75, 3.05) is 33.2 Å². The number of hydrogen-bond acceptors (Lipinski definition) is 3. The number of nitrogens with one attached hydrogen (secondary N) is 1. The van der Waals surface area contributed by atoms with Gasteiger partial charge in [-0.2, -0.15) is 0 Å². The highest BCUT2D eigenvalue weighted by molar-refractivity contribution is 4.92. The van der Waals surface area contributed by atoms with Gasteiger partial charge >= 0.3 is 0 Å². The monoisotopic (exact) mass is 239 g/mol. The van der Waals surface area contributed by atoms with Gasteiger partial charge in [0.25, 0.3) is 0 Å². The molecule has 0 aliphatic carbocycles. The number of fused-ring (bicyclic) bond motifs is 1. The molecule has 0 spiro atoms. The van der Waals surface area contributed by atoms with Gasteiger partial charge < -0.3 is 5.32 Å². The van der Waals surface area contributed by atoms with Crippen molar-refractivity contribution >= 4 is 0 Å². The quantitative estimate of drug-likeness (QED) is 0.800. The zero-order valence-corrected chi connectivity index (χ0v) is 11.9. The molecule has 0 saturated carbocycles. The highest BCUT2D eigenvalue weighted by Gasteiger charge is 2.35. The fraction of sp³-hybridized carbons (Fsp3) is 1.00. The van der Waals surface area contributed by atoms with Crippen LogP contribution in [-0.2, 0) is 0 Å². The lowest BCUT2D eigenvalue weighted by Gasteiger charge is -2.44. The molecule has 3 atom stereocenters. The summed E-state index contributed by atoms with van der Waals surface area (Å²) in [6.45, 7) is 12.1. The SMILES string of the molecule is CNC(CN1CC2CCCN2CC1C)C(C)C. The van der Waals surface area contributed by atoms with E-state index in [9.17, 15) is 0 Å². The molecular formula is C14H29N3. The van der Waals surface area contributed by atoms with E-state index in [0.29, 0.717) is 12.0 Å². The maximum atomic E-state index is 3.47. The zero-order valence-electron chi connectivity index (χ0n) is 11.9. The van der Waals surface area contributed by atoms with Crippen LogP contribution >= 0.6 is 0 Å². The van der Waals surface area contributed by atoms with E-state index in [-0.39, 0.29) is 0 Å². The van der Waals surface area contributed by atoms with Gasteiger partial charge in [-0.25, -0.2) is 0 Å². The molecule has 0 amide bonds. The van der Waals surface area contributed by atoms with Crippen LogP contribution in [0, 0.1) is 5.92 Å². The maximum absolute atomic E-state index is 3.47. The molecule has 0 aromatic heterocycles. The van der Waals surface area contributed by atoms with Gasteiger partial charge in [0.1, 0.15) is 0 Å². The Balaban J connectivity index is 1.91. The lowest BCUT2D eigenvalue weighted by atomic mass is 10.0. The van der Waals surface area contributed by atoms with Crippen molar-refractivity contribution in [2.24, 2.45) is 5.92 Å². The van der Waals surface area contributed by atoms with Gasteiger partial charge in [0.05, 0.1) is 0 Å². The first kappa shape index (κ1) is 13.3. The van der Waals surface area contributed by atoms with Gasteiger partial charge in [0, 0.05) is 37.8 Å². The molecule has 3 heteroatoms. The molecule has 1 N–H and O–H groups in total. The summed E-state index contributed by atoms with van der Waals surface area (Å²) in [6, 6.07) is 2.19. The van der Waals surface area contributed by atoms with Gasteiger partial charge in [-0.3, -0.25) is 9.80 Å². The van der Waals surface area contributed by atoms with Crippen LogP contribution in [0.5, 0.6) is 0 Å². The smallest absolute Gasteiger partial charge is 0.0224 e. The van der Waals surface area contributed by atoms with Crippen molar-refractivity contribution in [1.82, 2.24) is 15.1 Å². The fourth-order valence-corrected chi connectivity index (χ4v) is 3.39. The van der Waals surface area contributed by atoms with E-state index >= 15 is 0 Å². The highest BCUT2D eigenvalue weighted by Crippen LogP contribution is 2.24. The summed E-state index contributed by atoms with van der Waals surface area (Å²) in [5, 5.41) is 3.47. The third kappa shape index (κ3) is 3.01. The number of likely N-dealkylation sites (N-methyl/N-ethyl adjacent to an activating group) is 1. The Morgan fingerprint density at radius 1 is 1.29 bits per heavy atom. The summed E-state index contributed by atoms with van der Waals surface area (Å²) in [5.41, 5.74) is 0. The highest BCUT2D eigenvalue weighted by atomic mass is 15.3. The van der Waals surface area contributed by atoms with Crippen LogP contribution in [0.2, 0.25) is 0 Å². The topological polar surface area (TPSA) is 18.5 Å². The van der Waals surface area contributed by atoms with Gasteiger partial charge in [-0.05, 0) is 39.3 Å². The Labute approximate surface area is 107 Å². The first-order valence-corrected chi connectivity index (χ1v) is 7.27. The minimum atomic E-state index is 0.630. The molecule has 2 aliphatic rings. The van der Waals surface area contributed by atoms with E-state index in [1.54, 1.807) is 0 Å². The van der Waals surface area contributed by atoms with Crippen LogP contribution in [0.25, 0.3) is 0 Å². The standard InChI is InChI=1S/C14H29N3/c1-11(2)14(15-4)10-17-9-13-6-5-7-16(13)8-12(17)3/h11-15H,5-10H2,1-4H3. The second kappa shape index (κ2) is 5.68.